The van der Waals surface area contributed by atoms with E-state index in [4.69, 9.17) is 0 Å². The third-order valence-corrected chi connectivity index (χ3v) is 4.56. The first kappa shape index (κ1) is 14.1. The van der Waals surface area contributed by atoms with Gasteiger partial charge in [0.05, 0.1) is 5.69 Å². The second kappa shape index (κ2) is 5.35. The molecule has 0 aliphatic heterocycles. The molecule has 1 fully saturated rings. The van der Waals surface area contributed by atoms with E-state index in [1.54, 1.807) is 0 Å². The Morgan fingerprint density at radius 3 is 2.58 bits per heavy atom. The van der Waals surface area contributed by atoms with E-state index in [0.29, 0.717) is 12.5 Å². The van der Waals surface area contributed by atoms with E-state index in [9.17, 15) is 4.79 Å². The highest BCUT2D eigenvalue weighted by Gasteiger charge is 2.32. The summed E-state index contributed by atoms with van der Waals surface area (Å²) in [5, 5.41) is 4.40. The number of aromatic nitrogens is 2. The van der Waals surface area contributed by atoms with Crippen LogP contribution in [0.2, 0.25) is 0 Å². The molecule has 4 nitrogen and oxygen atoms in total. The number of nitrogens with zero attached hydrogens (tertiary/aromatic N) is 3. The first-order valence-electron chi connectivity index (χ1n) is 7.16. The van der Waals surface area contributed by atoms with Gasteiger partial charge in [-0.1, -0.05) is 0 Å². The molecule has 0 radical (unpaired) electrons. The lowest BCUT2D eigenvalue weighted by molar-refractivity contribution is -0.132. The topological polar surface area (TPSA) is 38.1 Å². The van der Waals surface area contributed by atoms with Crippen molar-refractivity contribution in [1.82, 2.24) is 14.7 Å². The van der Waals surface area contributed by atoms with Gasteiger partial charge in [-0.3, -0.25) is 9.48 Å². The minimum Gasteiger partial charge on any atom is -0.343 e. The molecule has 1 aliphatic rings. The Kier molecular flexibility index (Phi) is 3.97. The number of aryl methyl sites for hydroxylation is 2. The monoisotopic (exact) mass is 263 g/mol. The van der Waals surface area contributed by atoms with Gasteiger partial charge in [-0.2, -0.15) is 5.10 Å². The molecule has 1 atom stereocenters. The van der Waals surface area contributed by atoms with Crippen molar-refractivity contribution < 1.29 is 4.79 Å². The minimum atomic E-state index is 0.252. The van der Waals surface area contributed by atoms with Crippen LogP contribution in [0.1, 0.15) is 43.1 Å². The predicted molar refractivity (Wildman–Crippen MR) is 76.0 cm³/mol. The minimum absolute atomic E-state index is 0.252. The van der Waals surface area contributed by atoms with E-state index in [1.165, 1.54) is 24.1 Å². The average molecular weight is 263 g/mol. The quantitative estimate of drug-likeness (QED) is 0.817. The van der Waals surface area contributed by atoms with Crippen LogP contribution >= 0.6 is 0 Å². The average Bonchev–Trinajstić information content (AvgIpc) is 3.17. The van der Waals surface area contributed by atoms with Crippen molar-refractivity contribution in [3.8, 4) is 0 Å². The van der Waals surface area contributed by atoms with Crippen LogP contribution in [0.5, 0.6) is 0 Å². The van der Waals surface area contributed by atoms with E-state index in [1.807, 2.05) is 30.6 Å². The van der Waals surface area contributed by atoms with Gasteiger partial charge in [-0.15, -0.1) is 0 Å². The van der Waals surface area contributed by atoms with Gasteiger partial charge < -0.3 is 4.90 Å². The van der Waals surface area contributed by atoms with Crippen LogP contribution < -0.4 is 0 Å². The second-order valence-electron chi connectivity index (χ2n) is 5.86. The summed E-state index contributed by atoms with van der Waals surface area (Å²) in [5.41, 5.74) is 3.44. The van der Waals surface area contributed by atoms with Gasteiger partial charge in [-0.05, 0) is 51.5 Å². The zero-order valence-corrected chi connectivity index (χ0v) is 12.7. The van der Waals surface area contributed by atoms with E-state index in [0.717, 1.165) is 18.0 Å². The van der Waals surface area contributed by atoms with Gasteiger partial charge in [0.15, 0.2) is 0 Å². The molecule has 0 spiro atoms. The molecule has 2 rings (SSSR count). The summed E-state index contributed by atoms with van der Waals surface area (Å²) in [5.74, 6) is 0.984. The molecule has 1 aliphatic carbocycles. The van der Waals surface area contributed by atoms with Crippen molar-refractivity contribution in [2.24, 2.45) is 13.0 Å². The first-order chi connectivity index (χ1) is 8.91. The SMILES string of the molecule is Cc1nn(C)c(C)c1CCC(=O)N(C)C(C)C1CC1. The van der Waals surface area contributed by atoms with Gasteiger partial charge in [0.1, 0.15) is 0 Å². The summed E-state index contributed by atoms with van der Waals surface area (Å²) in [6.07, 6.45) is 3.94. The van der Waals surface area contributed by atoms with Crippen LogP contribution in [0.3, 0.4) is 0 Å². The second-order valence-corrected chi connectivity index (χ2v) is 5.86. The van der Waals surface area contributed by atoms with Gasteiger partial charge in [0, 0.05) is 32.3 Å². The predicted octanol–water partition coefficient (Wildman–Crippen LogP) is 2.23. The van der Waals surface area contributed by atoms with Crippen LogP contribution in [0.4, 0.5) is 0 Å². The standard InChI is InChI=1S/C15H25N3O/c1-10-14(12(3)18(5)16-10)8-9-15(19)17(4)11(2)13-6-7-13/h11,13H,6-9H2,1-5H3. The van der Waals surface area contributed by atoms with E-state index in [-0.39, 0.29) is 5.91 Å². The molecule has 1 unspecified atom stereocenters. The molecule has 1 aromatic rings. The molecule has 0 N–H and O–H groups in total. The van der Waals surface area contributed by atoms with Gasteiger partial charge in [0.2, 0.25) is 5.91 Å². The van der Waals surface area contributed by atoms with Crippen LogP contribution in [0.15, 0.2) is 0 Å². The fourth-order valence-corrected chi connectivity index (χ4v) is 2.71. The Hall–Kier alpha value is -1.32. The Balaban J connectivity index is 1.92. The fourth-order valence-electron chi connectivity index (χ4n) is 2.71. The molecule has 0 aromatic carbocycles. The number of hydrogen-bond donors (Lipinski definition) is 0. The summed E-state index contributed by atoms with van der Waals surface area (Å²) in [4.78, 5) is 14.1. The van der Waals surface area contributed by atoms with Gasteiger partial charge in [0.25, 0.3) is 0 Å². The lowest BCUT2D eigenvalue weighted by Gasteiger charge is -2.25. The number of carbonyl (C=O) groups excluding carboxylic acids is 1. The number of hydrogen-bond acceptors (Lipinski definition) is 2. The first-order valence-corrected chi connectivity index (χ1v) is 7.16. The Bertz CT molecular complexity index is 474. The molecule has 1 amide bonds. The maximum Gasteiger partial charge on any atom is 0.222 e. The summed E-state index contributed by atoms with van der Waals surface area (Å²) in [6, 6.07) is 0.392. The summed E-state index contributed by atoms with van der Waals surface area (Å²) in [6.45, 7) is 6.25. The summed E-state index contributed by atoms with van der Waals surface area (Å²) in [7, 11) is 3.89. The Morgan fingerprint density at radius 1 is 1.47 bits per heavy atom. The fraction of sp³-hybridized carbons (Fsp3) is 0.733. The van der Waals surface area contributed by atoms with Crippen molar-refractivity contribution in [2.75, 3.05) is 7.05 Å². The van der Waals surface area contributed by atoms with E-state index in [2.05, 4.69) is 18.9 Å². The van der Waals surface area contributed by atoms with Crippen LogP contribution in [0, 0.1) is 19.8 Å². The normalized spacial score (nSPS) is 16.5. The molecule has 0 bridgehead atoms. The van der Waals surface area contributed by atoms with E-state index >= 15 is 0 Å². The molecule has 1 aromatic heterocycles. The van der Waals surface area contributed by atoms with E-state index < -0.39 is 0 Å². The summed E-state index contributed by atoms with van der Waals surface area (Å²) < 4.78 is 1.89. The largest absolute Gasteiger partial charge is 0.343 e. The Labute approximate surface area is 115 Å². The maximum atomic E-state index is 12.2. The Morgan fingerprint density at radius 2 is 2.11 bits per heavy atom. The molecular weight excluding hydrogens is 238 g/mol. The van der Waals surface area contributed by atoms with Gasteiger partial charge >= 0.3 is 0 Å². The molecular formula is C15H25N3O. The highest BCUT2D eigenvalue weighted by atomic mass is 16.2. The molecule has 19 heavy (non-hydrogen) atoms. The summed E-state index contributed by atoms with van der Waals surface area (Å²) >= 11 is 0. The number of amides is 1. The van der Waals surface area contributed by atoms with Crippen molar-refractivity contribution >= 4 is 5.91 Å². The van der Waals surface area contributed by atoms with Crippen LogP contribution in [-0.2, 0) is 18.3 Å². The smallest absolute Gasteiger partial charge is 0.222 e. The number of carbonyl (C=O) groups is 1. The molecule has 0 saturated heterocycles. The highest BCUT2D eigenvalue weighted by molar-refractivity contribution is 5.76. The lowest BCUT2D eigenvalue weighted by atomic mass is 10.1. The third-order valence-electron chi connectivity index (χ3n) is 4.56. The molecule has 1 heterocycles. The van der Waals surface area contributed by atoms with Crippen molar-refractivity contribution in [1.29, 1.82) is 0 Å². The molecule has 106 valence electrons. The third kappa shape index (κ3) is 2.99. The van der Waals surface area contributed by atoms with Crippen LogP contribution in [-0.4, -0.2) is 33.7 Å². The van der Waals surface area contributed by atoms with Crippen molar-refractivity contribution in [3.05, 3.63) is 17.0 Å². The lowest BCUT2D eigenvalue weighted by Crippen LogP contribution is -2.36. The van der Waals surface area contributed by atoms with Crippen molar-refractivity contribution in [2.45, 2.75) is 52.5 Å². The molecule has 1 saturated carbocycles. The van der Waals surface area contributed by atoms with Crippen LogP contribution in [0.25, 0.3) is 0 Å². The zero-order valence-electron chi connectivity index (χ0n) is 12.7. The maximum absolute atomic E-state index is 12.2. The zero-order chi connectivity index (χ0) is 14.2. The highest BCUT2D eigenvalue weighted by Crippen LogP contribution is 2.34. The molecule has 4 heteroatoms. The number of rotatable bonds is 5. The van der Waals surface area contributed by atoms with Crippen molar-refractivity contribution in [3.63, 3.8) is 0 Å². The van der Waals surface area contributed by atoms with Gasteiger partial charge in [-0.25, -0.2) is 0 Å².